The van der Waals surface area contributed by atoms with E-state index in [0.29, 0.717) is 24.2 Å². The lowest BCUT2D eigenvalue weighted by molar-refractivity contribution is 0.0791. The summed E-state index contributed by atoms with van der Waals surface area (Å²) >= 11 is 0. The molecule has 0 saturated carbocycles. The van der Waals surface area contributed by atoms with Crippen molar-refractivity contribution in [1.29, 1.82) is 0 Å². The molecule has 2 unspecified atom stereocenters. The molecule has 0 radical (unpaired) electrons. The number of rotatable bonds is 6. The molecule has 0 bridgehead atoms. The zero-order chi connectivity index (χ0) is 17.6. The summed E-state index contributed by atoms with van der Waals surface area (Å²) in [5.41, 5.74) is 8.30. The average molecular weight is 340 g/mol. The second kappa shape index (κ2) is 8.09. The molecule has 1 amide bonds. The van der Waals surface area contributed by atoms with Gasteiger partial charge in [0.05, 0.1) is 5.56 Å². The summed E-state index contributed by atoms with van der Waals surface area (Å²) in [6, 6.07) is 14.1. The van der Waals surface area contributed by atoms with E-state index in [1.165, 1.54) is 17.8 Å². The largest absolute Gasteiger partial charge is 0.342 e. The van der Waals surface area contributed by atoms with Crippen LogP contribution < -0.4 is 16.4 Å². The van der Waals surface area contributed by atoms with Crippen molar-refractivity contribution in [1.82, 2.24) is 20.7 Å². The Balaban J connectivity index is 1.43. The molecule has 0 aliphatic carbocycles. The number of hydrogen-bond acceptors (Lipinski definition) is 4. The number of hydrogen-bond donors (Lipinski definition) is 3. The highest BCUT2D eigenvalue weighted by Crippen LogP contribution is 2.23. The second-order valence-electron chi connectivity index (χ2n) is 6.50. The number of benzene rings is 1. The molecule has 25 heavy (non-hydrogen) atoms. The Morgan fingerprint density at radius 1 is 1.16 bits per heavy atom. The van der Waals surface area contributed by atoms with E-state index in [1.807, 2.05) is 6.07 Å². The normalized spacial score (nSPS) is 19.7. The highest BCUT2D eigenvalue weighted by Gasteiger charge is 2.24. The predicted molar refractivity (Wildman–Crippen MR) is 97.1 cm³/mol. The van der Waals surface area contributed by atoms with Crippen molar-refractivity contribution in [2.75, 3.05) is 13.6 Å². The average Bonchev–Trinajstić information content (AvgIpc) is 3.11. The highest BCUT2D eigenvalue weighted by atomic mass is 16.2. The lowest BCUT2D eigenvalue weighted by Crippen LogP contribution is -2.32. The van der Waals surface area contributed by atoms with Gasteiger partial charge in [0.25, 0.3) is 5.91 Å². The fraction of sp³-hybridized carbons (Fsp3) is 0.368. The van der Waals surface area contributed by atoms with E-state index in [9.17, 15) is 9.59 Å². The third-order valence-corrected chi connectivity index (χ3v) is 4.61. The molecule has 1 aliphatic heterocycles. The van der Waals surface area contributed by atoms with Gasteiger partial charge in [0.15, 0.2) is 0 Å². The Hall–Kier alpha value is -2.44. The molecule has 2 heterocycles. The lowest BCUT2D eigenvalue weighted by atomic mass is 10.00. The van der Waals surface area contributed by atoms with Gasteiger partial charge in [0.1, 0.15) is 0 Å². The van der Waals surface area contributed by atoms with Crippen LogP contribution in [0.2, 0.25) is 0 Å². The maximum absolute atomic E-state index is 12.3. The van der Waals surface area contributed by atoms with Crippen molar-refractivity contribution in [2.24, 2.45) is 0 Å². The molecule has 0 spiro atoms. The number of amides is 1. The minimum absolute atomic E-state index is 0.0732. The van der Waals surface area contributed by atoms with Crippen molar-refractivity contribution in [3.8, 4) is 0 Å². The van der Waals surface area contributed by atoms with Crippen LogP contribution in [-0.4, -0.2) is 35.4 Å². The number of H-pyrrole nitrogens is 1. The Bertz CT molecular complexity index is 739. The van der Waals surface area contributed by atoms with E-state index < -0.39 is 0 Å². The monoisotopic (exact) mass is 340 g/mol. The third-order valence-electron chi connectivity index (χ3n) is 4.61. The fourth-order valence-electron chi connectivity index (χ4n) is 3.16. The summed E-state index contributed by atoms with van der Waals surface area (Å²) in [6.45, 7) is 0.687. The maximum Gasteiger partial charge on any atom is 0.255 e. The third kappa shape index (κ3) is 4.55. The van der Waals surface area contributed by atoms with Gasteiger partial charge in [-0.15, -0.1) is 0 Å². The SMILES string of the molecule is CN(CCCC1CC(c2ccccc2)NN1)C(=O)c1ccc(=O)[nH]c1. The molecular formula is C19H24N4O2. The van der Waals surface area contributed by atoms with Crippen LogP contribution in [0.25, 0.3) is 0 Å². The molecule has 3 N–H and O–H groups in total. The Labute approximate surface area is 147 Å². The zero-order valence-corrected chi connectivity index (χ0v) is 14.4. The molecule has 1 aliphatic rings. The summed E-state index contributed by atoms with van der Waals surface area (Å²) < 4.78 is 0. The molecule has 6 nitrogen and oxygen atoms in total. The number of hydrazine groups is 1. The van der Waals surface area contributed by atoms with Crippen molar-refractivity contribution in [3.63, 3.8) is 0 Å². The van der Waals surface area contributed by atoms with Crippen LogP contribution in [0.4, 0.5) is 0 Å². The smallest absolute Gasteiger partial charge is 0.255 e. The van der Waals surface area contributed by atoms with Gasteiger partial charge in [-0.05, 0) is 30.9 Å². The van der Waals surface area contributed by atoms with Crippen LogP contribution in [0.1, 0.15) is 41.2 Å². The maximum atomic E-state index is 12.3. The number of carbonyl (C=O) groups excluding carboxylic acids is 1. The van der Waals surface area contributed by atoms with E-state index in [4.69, 9.17) is 0 Å². The molecule has 6 heteroatoms. The molecule has 1 aromatic carbocycles. The summed E-state index contributed by atoms with van der Waals surface area (Å²) in [4.78, 5) is 27.6. The Morgan fingerprint density at radius 3 is 2.68 bits per heavy atom. The summed E-state index contributed by atoms with van der Waals surface area (Å²) in [5, 5.41) is 0. The number of pyridine rings is 1. The van der Waals surface area contributed by atoms with E-state index in [0.717, 1.165) is 19.3 Å². The van der Waals surface area contributed by atoms with Crippen LogP contribution in [0.3, 0.4) is 0 Å². The first kappa shape index (κ1) is 17.4. The van der Waals surface area contributed by atoms with E-state index in [1.54, 1.807) is 18.0 Å². The number of aromatic amines is 1. The lowest BCUT2D eigenvalue weighted by Gasteiger charge is -2.18. The van der Waals surface area contributed by atoms with Gasteiger partial charge in [-0.1, -0.05) is 30.3 Å². The van der Waals surface area contributed by atoms with Crippen LogP contribution in [0, 0.1) is 0 Å². The number of aromatic nitrogens is 1. The van der Waals surface area contributed by atoms with Crippen LogP contribution in [-0.2, 0) is 0 Å². The van der Waals surface area contributed by atoms with Gasteiger partial charge in [-0.25, -0.2) is 0 Å². The minimum atomic E-state index is -0.202. The van der Waals surface area contributed by atoms with Crippen LogP contribution in [0.5, 0.6) is 0 Å². The van der Waals surface area contributed by atoms with Gasteiger partial charge in [-0.2, -0.15) is 0 Å². The Morgan fingerprint density at radius 2 is 1.96 bits per heavy atom. The first-order valence-corrected chi connectivity index (χ1v) is 8.63. The molecule has 1 fully saturated rings. The van der Waals surface area contributed by atoms with E-state index in [-0.39, 0.29) is 11.5 Å². The van der Waals surface area contributed by atoms with Gasteiger partial charge >= 0.3 is 0 Å². The molecule has 1 saturated heterocycles. The van der Waals surface area contributed by atoms with Gasteiger partial charge in [-0.3, -0.25) is 20.4 Å². The Kier molecular flexibility index (Phi) is 5.63. The number of nitrogens with zero attached hydrogens (tertiary/aromatic N) is 1. The molecule has 132 valence electrons. The van der Waals surface area contributed by atoms with Crippen molar-refractivity contribution in [2.45, 2.75) is 31.3 Å². The standard InChI is InChI=1S/C19H24N4O2/c1-23(19(25)15-9-10-18(24)20-13-15)11-5-8-16-12-17(22-21-16)14-6-3-2-4-7-14/h2-4,6-7,9-10,13,16-17,21-22H,5,8,11-12H2,1H3,(H,20,24). The summed E-state index contributed by atoms with van der Waals surface area (Å²) in [7, 11) is 1.79. The van der Waals surface area contributed by atoms with Gasteiger partial charge in [0, 0.05) is 37.9 Å². The van der Waals surface area contributed by atoms with E-state index in [2.05, 4.69) is 40.1 Å². The first-order valence-electron chi connectivity index (χ1n) is 8.63. The fourth-order valence-corrected chi connectivity index (χ4v) is 3.16. The first-order chi connectivity index (χ1) is 12.1. The topological polar surface area (TPSA) is 77.2 Å². The molecule has 2 atom stereocenters. The van der Waals surface area contributed by atoms with Crippen LogP contribution in [0.15, 0.2) is 53.5 Å². The quantitative estimate of drug-likeness (QED) is 0.750. The number of nitrogens with one attached hydrogen (secondary N) is 3. The molecule has 2 aromatic rings. The zero-order valence-electron chi connectivity index (χ0n) is 14.4. The molecular weight excluding hydrogens is 316 g/mol. The van der Waals surface area contributed by atoms with Gasteiger partial charge in [0.2, 0.25) is 5.56 Å². The van der Waals surface area contributed by atoms with Crippen molar-refractivity contribution >= 4 is 5.91 Å². The minimum Gasteiger partial charge on any atom is -0.342 e. The summed E-state index contributed by atoms with van der Waals surface area (Å²) in [5.74, 6) is -0.0732. The van der Waals surface area contributed by atoms with Crippen molar-refractivity contribution < 1.29 is 4.79 Å². The number of carbonyl (C=O) groups is 1. The van der Waals surface area contributed by atoms with Crippen LogP contribution >= 0.6 is 0 Å². The highest BCUT2D eigenvalue weighted by molar-refractivity contribution is 5.93. The van der Waals surface area contributed by atoms with E-state index >= 15 is 0 Å². The van der Waals surface area contributed by atoms with Crippen molar-refractivity contribution in [3.05, 3.63) is 70.1 Å². The second-order valence-corrected chi connectivity index (χ2v) is 6.50. The molecule has 1 aromatic heterocycles. The molecule has 3 rings (SSSR count). The van der Waals surface area contributed by atoms with Gasteiger partial charge < -0.3 is 9.88 Å². The summed E-state index contributed by atoms with van der Waals surface area (Å²) in [6.07, 6.45) is 4.43. The predicted octanol–water partition coefficient (Wildman–Crippen LogP) is 1.83.